The quantitative estimate of drug-likeness (QED) is 0.143. The summed E-state index contributed by atoms with van der Waals surface area (Å²) in [6, 6.07) is 25.6. The van der Waals surface area contributed by atoms with Crippen molar-refractivity contribution in [1.82, 2.24) is 4.57 Å². The second-order valence-corrected chi connectivity index (χ2v) is 13.0. The average molecular weight is 625 g/mol. The fourth-order valence-electron chi connectivity index (χ4n) is 6.33. The molecule has 0 radical (unpaired) electrons. The molecule has 8 rings (SSSR count). The number of fused-ring (bicyclic) bond motifs is 4. The van der Waals surface area contributed by atoms with Gasteiger partial charge >= 0.3 is 0 Å². The summed E-state index contributed by atoms with van der Waals surface area (Å²) in [5.41, 5.74) is 17.0. The summed E-state index contributed by atoms with van der Waals surface area (Å²) in [6.45, 7) is 0.736. The number of aromatic nitrogens is 1. The van der Waals surface area contributed by atoms with Crippen LogP contribution >= 0.6 is 22.7 Å². The van der Waals surface area contributed by atoms with E-state index in [-0.39, 0.29) is 5.92 Å². The van der Waals surface area contributed by atoms with E-state index in [0.29, 0.717) is 0 Å². The maximum Gasteiger partial charge on any atom is 0.1000 e. The van der Waals surface area contributed by atoms with Gasteiger partial charge in [0.25, 0.3) is 0 Å². The molecule has 4 heteroatoms. The van der Waals surface area contributed by atoms with Crippen molar-refractivity contribution in [3.63, 3.8) is 0 Å². The van der Waals surface area contributed by atoms with Gasteiger partial charge in [0.1, 0.15) is 0 Å². The number of allylic oxidation sites excluding steroid dienone is 10. The molecule has 1 aliphatic heterocycles. The van der Waals surface area contributed by atoms with Crippen LogP contribution in [0.5, 0.6) is 0 Å². The molecule has 0 saturated heterocycles. The van der Waals surface area contributed by atoms with Crippen LogP contribution in [0.3, 0.4) is 0 Å². The second-order valence-electron chi connectivity index (χ2n) is 11.1. The van der Waals surface area contributed by atoms with Crippen molar-refractivity contribution in [2.45, 2.75) is 5.92 Å². The first-order valence-corrected chi connectivity index (χ1v) is 17.0. The smallest absolute Gasteiger partial charge is 0.1000 e. The third kappa shape index (κ3) is 5.05. The number of nitrogens with zero attached hydrogens (tertiary/aromatic N) is 2. The number of terminal acetylenes is 1. The Bertz CT molecular complexity index is 2310. The van der Waals surface area contributed by atoms with Gasteiger partial charge in [-0.25, -0.2) is 0 Å². The van der Waals surface area contributed by atoms with Crippen molar-refractivity contribution in [1.29, 1.82) is 0 Å². The van der Waals surface area contributed by atoms with Gasteiger partial charge in [0.2, 0.25) is 0 Å². The predicted molar refractivity (Wildman–Crippen MR) is 197 cm³/mol. The van der Waals surface area contributed by atoms with Crippen LogP contribution < -0.4 is 4.90 Å². The summed E-state index contributed by atoms with van der Waals surface area (Å²) >= 11 is 3.48. The van der Waals surface area contributed by atoms with E-state index in [0.717, 1.165) is 45.8 Å². The largest absolute Gasteiger partial charge is 0.329 e. The first kappa shape index (κ1) is 28.0. The SMILES string of the molecule is C#CC1/C=C(C2=CC=C=CC(C3=Cc4c(n(-c5cccs5)c5ccccc45)C=C=C3)=C2)\C=C/CN(c2cccs2)c2ccccc21. The minimum Gasteiger partial charge on any atom is -0.329 e. The number of anilines is 2. The van der Waals surface area contributed by atoms with Gasteiger partial charge in [-0.1, -0.05) is 60.5 Å². The number of benzene rings is 2. The van der Waals surface area contributed by atoms with Crippen LogP contribution in [0.2, 0.25) is 0 Å². The van der Waals surface area contributed by atoms with Gasteiger partial charge < -0.3 is 9.47 Å². The summed E-state index contributed by atoms with van der Waals surface area (Å²) in [6.07, 6.45) is 27.8. The van der Waals surface area contributed by atoms with Gasteiger partial charge in [0, 0.05) is 29.3 Å². The molecule has 3 aliphatic rings. The zero-order valence-corrected chi connectivity index (χ0v) is 26.6. The molecule has 0 bridgehead atoms. The number of rotatable bonds is 4. The Hall–Kier alpha value is -5.52. The molecule has 0 spiro atoms. The molecule has 0 saturated carbocycles. The van der Waals surface area contributed by atoms with E-state index < -0.39 is 0 Å². The minimum atomic E-state index is -0.194. The average Bonchev–Trinajstić information content (AvgIpc) is 3.80. The Labute approximate surface area is 277 Å². The molecule has 0 fully saturated rings. The Morgan fingerprint density at radius 1 is 0.761 bits per heavy atom. The van der Waals surface area contributed by atoms with E-state index in [4.69, 9.17) is 6.42 Å². The molecule has 2 nitrogen and oxygen atoms in total. The fourth-order valence-corrected chi connectivity index (χ4v) is 7.84. The van der Waals surface area contributed by atoms with E-state index >= 15 is 0 Å². The maximum absolute atomic E-state index is 6.24. The Kier molecular flexibility index (Phi) is 7.37. The van der Waals surface area contributed by atoms with Gasteiger partial charge in [0.05, 0.1) is 27.1 Å². The molecule has 3 aromatic heterocycles. The van der Waals surface area contributed by atoms with E-state index in [9.17, 15) is 0 Å². The van der Waals surface area contributed by atoms with Crippen LogP contribution in [0.15, 0.2) is 166 Å². The lowest BCUT2D eigenvalue weighted by Crippen LogP contribution is -2.17. The Balaban J connectivity index is 1.23. The van der Waals surface area contributed by atoms with Crippen LogP contribution in [0, 0.1) is 12.3 Å². The molecule has 4 heterocycles. The van der Waals surface area contributed by atoms with E-state index in [2.05, 4.69) is 165 Å². The summed E-state index contributed by atoms with van der Waals surface area (Å²) < 4.78 is 2.34. The Morgan fingerprint density at radius 3 is 2.39 bits per heavy atom. The molecule has 218 valence electrons. The zero-order chi connectivity index (χ0) is 30.9. The van der Waals surface area contributed by atoms with Crippen molar-refractivity contribution in [2.75, 3.05) is 11.4 Å². The molecular formula is C42H28N2S2. The molecular weight excluding hydrogens is 597 g/mol. The summed E-state index contributed by atoms with van der Waals surface area (Å²) in [5, 5.41) is 7.84. The number of hydrogen-bond acceptors (Lipinski definition) is 3. The molecule has 1 unspecified atom stereocenters. The number of hydrogen-bond donors (Lipinski definition) is 0. The van der Waals surface area contributed by atoms with Crippen molar-refractivity contribution in [3.05, 3.63) is 183 Å². The molecule has 1 atom stereocenters. The molecule has 2 aromatic carbocycles. The Morgan fingerprint density at radius 2 is 1.54 bits per heavy atom. The van der Waals surface area contributed by atoms with Gasteiger partial charge in [-0.3, -0.25) is 0 Å². The third-order valence-electron chi connectivity index (χ3n) is 8.46. The molecule has 46 heavy (non-hydrogen) atoms. The fraction of sp³-hybridized carbons (Fsp3) is 0.0476. The second kappa shape index (κ2) is 12.1. The topological polar surface area (TPSA) is 8.17 Å². The van der Waals surface area contributed by atoms with Crippen molar-refractivity contribution < 1.29 is 0 Å². The highest BCUT2D eigenvalue weighted by Crippen LogP contribution is 2.39. The monoisotopic (exact) mass is 624 g/mol. The minimum absolute atomic E-state index is 0.194. The maximum atomic E-state index is 6.24. The van der Waals surface area contributed by atoms with Crippen LogP contribution in [-0.4, -0.2) is 11.1 Å². The lowest BCUT2D eigenvalue weighted by molar-refractivity contribution is 1.05. The lowest BCUT2D eigenvalue weighted by Gasteiger charge is -2.25. The molecule has 0 amide bonds. The number of para-hydroxylation sites is 2. The van der Waals surface area contributed by atoms with E-state index in [1.807, 2.05) is 6.08 Å². The predicted octanol–water partition coefficient (Wildman–Crippen LogP) is 10.9. The van der Waals surface area contributed by atoms with Crippen LogP contribution in [0.1, 0.15) is 22.7 Å². The van der Waals surface area contributed by atoms with Gasteiger partial charge in [-0.15, -0.1) is 40.6 Å². The first-order valence-electron chi connectivity index (χ1n) is 15.2. The molecule has 2 aliphatic carbocycles. The van der Waals surface area contributed by atoms with Crippen LogP contribution in [-0.2, 0) is 0 Å². The number of thiophene rings is 2. The molecule has 0 N–H and O–H groups in total. The highest BCUT2D eigenvalue weighted by atomic mass is 32.1. The lowest BCUT2D eigenvalue weighted by atomic mass is 9.91. The summed E-state index contributed by atoms with van der Waals surface area (Å²) in [5.74, 6) is 2.89. The van der Waals surface area contributed by atoms with Gasteiger partial charge in [0.15, 0.2) is 0 Å². The van der Waals surface area contributed by atoms with Crippen molar-refractivity contribution >= 4 is 56.4 Å². The van der Waals surface area contributed by atoms with Crippen LogP contribution in [0.4, 0.5) is 10.7 Å². The summed E-state index contributed by atoms with van der Waals surface area (Å²) in [4.78, 5) is 2.35. The van der Waals surface area contributed by atoms with E-state index in [1.54, 1.807) is 22.7 Å². The standard InChI is InChI=1S/C42H28N2S2/c1-2-30-27-33(16-10-24-43(41-22-11-25-45-41)38-19-7-5-17-35(30)38)31-13-3-4-14-32(28-31)34-15-9-21-40-37(29-34)36-18-6-8-20-39(36)44(40)42-23-12-26-46-42/h1,3,5-8,10-23,25-30H,24H2/b16-10-,33-27+. The van der Waals surface area contributed by atoms with Crippen LogP contribution in [0.25, 0.3) is 28.1 Å². The van der Waals surface area contributed by atoms with Gasteiger partial charge in [-0.05, 0) is 111 Å². The van der Waals surface area contributed by atoms with Gasteiger partial charge in [-0.2, -0.15) is 0 Å². The zero-order valence-electron chi connectivity index (χ0n) is 24.9. The van der Waals surface area contributed by atoms with Crippen molar-refractivity contribution in [2.24, 2.45) is 0 Å². The highest BCUT2D eigenvalue weighted by Gasteiger charge is 2.21. The molecule has 5 aromatic rings. The van der Waals surface area contributed by atoms with E-state index in [1.165, 1.54) is 26.5 Å². The first-order chi connectivity index (χ1) is 22.8. The third-order valence-corrected chi connectivity index (χ3v) is 10.2. The summed E-state index contributed by atoms with van der Waals surface area (Å²) in [7, 11) is 0. The highest BCUT2D eigenvalue weighted by molar-refractivity contribution is 7.14. The normalized spacial score (nSPS) is 18.8. The van der Waals surface area contributed by atoms with Crippen molar-refractivity contribution in [3.8, 4) is 17.3 Å².